The Bertz CT molecular complexity index is 316. The molecule has 0 amide bonds. The lowest BCUT2D eigenvalue weighted by molar-refractivity contribution is -0.120. The van der Waals surface area contributed by atoms with Gasteiger partial charge < -0.3 is 5.73 Å². The summed E-state index contributed by atoms with van der Waals surface area (Å²) in [6, 6.07) is 9.17. The van der Waals surface area contributed by atoms with Crippen molar-refractivity contribution in [2.24, 2.45) is 11.7 Å². The summed E-state index contributed by atoms with van der Waals surface area (Å²) in [6.45, 7) is 0. The van der Waals surface area contributed by atoms with Gasteiger partial charge in [-0.2, -0.15) is 0 Å². The zero-order valence-electron chi connectivity index (χ0n) is 8.15. The standard InChI is InChI=1S/C12H15NO/c13-12(10-4-2-1-3-5-10)11(14)8-9-6-7-9/h1-5,9,12H,6-8,13H2/t12-/m1/s1. The Morgan fingerprint density at radius 2 is 2.00 bits per heavy atom. The van der Waals surface area contributed by atoms with E-state index in [4.69, 9.17) is 5.73 Å². The van der Waals surface area contributed by atoms with Crippen LogP contribution in [0, 0.1) is 5.92 Å². The lowest BCUT2D eigenvalue weighted by Crippen LogP contribution is -2.21. The van der Waals surface area contributed by atoms with E-state index in [1.165, 1.54) is 12.8 Å². The van der Waals surface area contributed by atoms with Crippen molar-refractivity contribution >= 4 is 5.78 Å². The highest BCUT2D eigenvalue weighted by atomic mass is 16.1. The molecule has 2 rings (SSSR count). The van der Waals surface area contributed by atoms with Crippen LogP contribution in [0.5, 0.6) is 0 Å². The summed E-state index contributed by atoms with van der Waals surface area (Å²) in [7, 11) is 0. The number of hydrogen-bond acceptors (Lipinski definition) is 2. The molecule has 0 heterocycles. The maximum absolute atomic E-state index is 11.7. The summed E-state index contributed by atoms with van der Waals surface area (Å²) in [5.41, 5.74) is 6.79. The van der Waals surface area contributed by atoms with Gasteiger partial charge in [0.25, 0.3) is 0 Å². The zero-order chi connectivity index (χ0) is 9.97. The summed E-state index contributed by atoms with van der Waals surface area (Å²) in [4.78, 5) is 11.7. The number of rotatable bonds is 4. The normalized spacial score (nSPS) is 17.8. The minimum absolute atomic E-state index is 0.179. The van der Waals surface area contributed by atoms with E-state index in [9.17, 15) is 4.79 Å². The fraction of sp³-hybridized carbons (Fsp3) is 0.417. The van der Waals surface area contributed by atoms with E-state index in [2.05, 4.69) is 0 Å². The van der Waals surface area contributed by atoms with Gasteiger partial charge in [0.2, 0.25) is 0 Å². The van der Waals surface area contributed by atoms with Crippen LogP contribution in [0.2, 0.25) is 0 Å². The molecule has 2 N–H and O–H groups in total. The first-order valence-electron chi connectivity index (χ1n) is 5.10. The highest BCUT2D eigenvalue weighted by Crippen LogP contribution is 2.33. The van der Waals surface area contributed by atoms with Gasteiger partial charge in [0.1, 0.15) is 0 Å². The van der Waals surface area contributed by atoms with Gasteiger partial charge in [-0.25, -0.2) is 0 Å². The van der Waals surface area contributed by atoms with Crippen molar-refractivity contribution in [3.8, 4) is 0 Å². The quantitative estimate of drug-likeness (QED) is 0.787. The van der Waals surface area contributed by atoms with Crippen LogP contribution in [0.4, 0.5) is 0 Å². The van der Waals surface area contributed by atoms with Crippen LogP contribution in [0.25, 0.3) is 0 Å². The van der Waals surface area contributed by atoms with Crippen LogP contribution in [0.3, 0.4) is 0 Å². The summed E-state index contributed by atoms with van der Waals surface area (Å²) < 4.78 is 0. The molecular formula is C12H15NO. The number of hydrogen-bond donors (Lipinski definition) is 1. The van der Waals surface area contributed by atoms with Crippen LogP contribution in [0.1, 0.15) is 30.9 Å². The molecule has 0 saturated heterocycles. The summed E-state index contributed by atoms with van der Waals surface area (Å²) in [6.07, 6.45) is 3.07. The molecular weight excluding hydrogens is 174 g/mol. The van der Waals surface area contributed by atoms with Gasteiger partial charge in [-0.05, 0) is 24.3 Å². The van der Waals surface area contributed by atoms with Crippen LogP contribution >= 0.6 is 0 Å². The highest BCUT2D eigenvalue weighted by Gasteiger charge is 2.27. The topological polar surface area (TPSA) is 43.1 Å². The predicted octanol–water partition coefficient (Wildman–Crippen LogP) is 2.06. The number of benzene rings is 1. The fourth-order valence-corrected chi connectivity index (χ4v) is 1.58. The minimum Gasteiger partial charge on any atom is -0.318 e. The molecule has 0 spiro atoms. The Labute approximate surface area is 84.1 Å². The maximum Gasteiger partial charge on any atom is 0.154 e. The van der Waals surface area contributed by atoms with Crippen LogP contribution in [0.15, 0.2) is 30.3 Å². The molecule has 2 nitrogen and oxygen atoms in total. The Balaban J connectivity index is 1.99. The van der Waals surface area contributed by atoms with E-state index in [-0.39, 0.29) is 5.78 Å². The van der Waals surface area contributed by atoms with E-state index in [0.29, 0.717) is 12.3 Å². The lowest BCUT2D eigenvalue weighted by Gasteiger charge is -2.09. The van der Waals surface area contributed by atoms with Gasteiger partial charge in [0.05, 0.1) is 6.04 Å². The first kappa shape index (κ1) is 9.41. The molecule has 74 valence electrons. The molecule has 1 aromatic carbocycles. The molecule has 1 atom stereocenters. The van der Waals surface area contributed by atoms with Crippen molar-refractivity contribution < 1.29 is 4.79 Å². The third kappa shape index (κ3) is 2.20. The van der Waals surface area contributed by atoms with Gasteiger partial charge in [-0.1, -0.05) is 30.3 Å². The van der Waals surface area contributed by atoms with Gasteiger partial charge in [-0.15, -0.1) is 0 Å². The van der Waals surface area contributed by atoms with Crippen molar-refractivity contribution in [2.75, 3.05) is 0 Å². The van der Waals surface area contributed by atoms with Crippen molar-refractivity contribution in [3.05, 3.63) is 35.9 Å². The average molecular weight is 189 g/mol. The Kier molecular flexibility index (Phi) is 2.64. The summed E-state index contributed by atoms with van der Waals surface area (Å²) >= 11 is 0. The number of Topliss-reactive ketones (excluding diaryl/α,β-unsaturated/α-hetero) is 1. The molecule has 0 radical (unpaired) electrons. The molecule has 1 aliphatic rings. The predicted molar refractivity (Wildman–Crippen MR) is 55.7 cm³/mol. The second-order valence-corrected chi connectivity index (χ2v) is 4.00. The Hall–Kier alpha value is -1.15. The van der Waals surface area contributed by atoms with Gasteiger partial charge >= 0.3 is 0 Å². The molecule has 14 heavy (non-hydrogen) atoms. The average Bonchev–Trinajstić information content (AvgIpc) is 3.02. The second-order valence-electron chi connectivity index (χ2n) is 4.00. The van der Waals surface area contributed by atoms with Crippen LogP contribution in [-0.4, -0.2) is 5.78 Å². The Morgan fingerprint density at radius 3 is 2.57 bits per heavy atom. The molecule has 1 saturated carbocycles. The van der Waals surface area contributed by atoms with E-state index < -0.39 is 6.04 Å². The van der Waals surface area contributed by atoms with Crippen molar-refractivity contribution in [2.45, 2.75) is 25.3 Å². The second kappa shape index (κ2) is 3.93. The number of carbonyl (C=O) groups is 1. The molecule has 2 heteroatoms. The molecule has 0 aliphatic heterocycles. The zero-order valence-corrected chi connectivity index (χ0v) is 8.15. The van der Waals surface area contributed by atoms with Crippen molar-refractivity contribution in [1.29, 1.82) is 0 Å². The molecule has 1 fully saturated rings. The lowest BCUT2D eigenvalue weighted by atomic mass is 10.0. The number of nitrogens with two attached hydrogens (primary N) is 1. The van der Waals surface area contributed by atoms with Crippen LogP contribution in [-0.2, 0) is 4.79 Å². The highest BCUT2D eigenvalue weighted by molar-refractivity contribution is 5.85. The number of carbonyl (C=O) groups excluding carboxylic acids is 1. The molecule has 0 bridgehead atoms. The molecule has 1 aliphatic carbocycles. The van der Waals surface area contributed by atoms with Gasteiger partial charge in [0.15, 0.2) is 5.78 Å². The van der Waals surface area contributed by atoms with E-state index in [1.54, 1.807) is 0 Å². The van der Waals surface area contributed by atoms with Crippen molar-refractivity contribution in [3.63, 3.8) is 0 Å². The molecule has 0 unspecified atom stereocenters. The SMILES string of the molecule is N[C@@H](C(=O)CC1CC1)c1ccccc1. The number of ketones is 1. The Morgan fingerprint density at radius 1 is 1.36 bits per heavy atom. The largest absolute Gasteiger partial charge is 0.318 e. The maximum atomic E-state index is 11.7. The van der Waals surface area contributed by atoms with Gasteiger partial charge in [0, 0.05) is 6.42 Å². The third-order valence-electron chi connectivity index (χ3n) is 2.69. The first-order valence-corrected chi connectivity index (χ1v) is 5.10. The third-order valence-corrected chi connectivity index (χ3v) is 2.69. The smallest absolute Gasteiger partial charge is 0.154 e. The molecule has 0 aromatic heterocycles. The van der Waals surface area contributed by atoms with Crippen molar-refractivity contribution in [1.82, 2.24) is 0 Å². The van der Waals surface area contributed by atoms with E-state index in [1.807, 2.05) is 30.3 Å². The van der Waals surface area contributed by atoms with Gasteiger partial charge in [-0.3, -0.25) is 4.79 Å². The molecule has 1 aromatic rings. The van der Waals surface area contributed by atoms with Crippen LogP contribution < -0.4 is 5.73 Å². The first-order chi connectivity index (χ1) is 6.77. The van der Waals surface area contributed by atoms with E-state index >= 15 is 0 Å². The monoisotopic (exact) mass is 189 g/mol. The minimum atomic E-state index is -0.420. The summed E-state index contributed by atoms with van der Waals surface area (Å²) in [5.74, 6) is 0.802. The van der Waals surface area contributed by atoms with E-state index in [0.717, 1.165) is 5.56 Å². The summed E-state index contributed by atoms with van der Waals surface area (Å²) in [5, 5.41) is 0. The fourth-order valence-electron chi connectivity index (χ4n) is 1.58.